The summed E-state index contributed by atoms with van der Waals surface area (Å²) in [6.07, 6.45) is 4.73. The molecule has 0 rings (SSSR count). The summed E-state index contributed by atoms with van der Waals surface area (Å²) in [6, 6.07) is 0. The molecule has 0 atom stereocenters. The zero-order valence-electron chi connectivity index (χ0n) is 10.8. The Labute approximate surface area is 109 Å². The average molecular weight is 313 g/mol. The van der Waals surface area contributed by atoms with E-state index in [0.29, 0.717) is 11.5 Å². The van der Waals surface area contributed by atoms with E-state index in [0.717, 1.165) is 37.4 Å². The van der Waals surface area contributed by atoms with Crippen LogP contribution in [0.15, 0.2) is 0 Å². The van der Waals surface area contributed by atoms with Crippen molar-refractivity contribution in [2.75, 3.05) is 16.8 Å². The van der Waals surface area contributed by atoms with E-state index in [1.807, 2.05) is 0 Å². The first-order chi connectivity index (χ1) is 7.45. The Morgan fingerprint density at radius 2 is 1.62 bits per heavy atom. The molecule has 4 heteroatoms. The molecule has 0 heterocycles. The normalized spacial score (nSPS) is 13.0. The lowest BCUT2D eigenvalue weighted by molar-refractivity contribution is 0.351. The van der Waals surface area contributed by atoms with Crippen LogP contribution in [-0.4, -0.2) is 25.3 Å². The Morgan fingerprint density at radius 3 is 2.00 bits per heavy atom. The van der Waals surface area contributed by atoms with Gasteiger partial charge < -0.3 is 0 Å². The first kappa shape index (κ1) is 16.4. The van der Waals surface area contributed by atoms with Crippen LogP contribution in [0.5, 0.6) is 0 Å². The number of unbranched alkanes of at least 4 members (excludes halogenated alkanes) is 2. The van der Waals surface area contributed by atoms with Crippen LogP contribution in [0.4, 0.5) is 0 Å². The number of alkyl halides is 1. The maximum absolute atomic E-state index is 12.0. The summed E-state index contributed by atoms with van der Waals surface area (Å²) in [7, 11) is -2.88. The number of halogens is 1. The minimum Gasteiger partial charge on any atom is -0.229 e. The molecular weight excluding hydrogens is 288 g/mol. The second-order valence-corrected chi connectivity index (χ2v) is 7.38. The van der Waals surface area contributed by atoms with Gasteiger partial charge in [0.1, 0.15) is 0 Å². The molecule has 16 heavy (non-hydrogen) atoms. The van der Waals surface area contributed by atoms with Gasteiger partial charge in [-0.15, -0.1) is 0 Å². The molecule has 0 N–H and O–H groups in total. The predicted molar refractivity (Wildman–Crippen MR) is 75.0 cm³/mol. The maximum atomic E-state index is 12.0. The van der Waals surface area contributed by atoms with Crippen LogP contribution in [0, 0.1) is 5.41 Å². The van der Waals surface area contributed by atoms with Crippen molar-refractivity contribution in [2.45, 2.75) is 52.9 Å². The van der Waals surface area contributed by atoms with Gasteiger partial charge in [0.2, 0.25) is 0 Å². The topological polar surface area (TPSA) is 34.1 Å². The van der Waals surface area contributed by atoms with Crippen LogP contribution in [0.3, 0.4) is 0 Å². The van der Waals surface area contributed by atoms with E-state index < -0.39 is 9.84 Å². The van der Waals surface area contributed by atoms with Crippen molar-refractivity contribution in [3.8, 4) is 0 Å². The van der Waals surface area contributed by atoms with Crippen molar-refractivity contribution >= 4 is 25.8 Å². The molecular formula is C12H25BrO2S. The monoisotopic (exact) mass is 312 g/mol. The highest BCUT2D eigenvalue weighted by Crippen LogP contribution is 2.31. The fourth-order valence-corrected chi connectivity index (χ4v) is 5.28. The SMILES string of the molecule is CCCCCS(=O)(=O)CC(CC)(CC)CBr. The van der Waals surface area contributed by atoms with Crippen LogP contribution in [0.1, 0.15) is 52.9 Å². The van der Waals surface area contributed by atoms with E-state index in [4.69, 9.17) is 0 Å². The van der Waals surface area contributed by atoms with E-state index in [1.165, 1.54) is 0 Å². The highest BCUT2D eigenvalue weighted by Gasteiger charge is 2.30. The van der Waals surface area contributed by atoms with Crippen molar-refractivity contribution in [3.63, 3.8) is 0 Å². The summed E-state index contributed by atoms with van der Waals surface area (Å²) in [5.41, 5.74) is -0.0644. The van der Waals surface area contributed by atoms with E-state index in [-0.39, 0.29) is 5.41 Å². The van der Waals surface area contributed by atoms with Crippen molar-refractivity contribution < 1.29 is 8.42 Å². The third-order valence-corrected chi connectivity index (χ3v) is 6.52. The van der Waals surface area contributed by atoms with Gasteiger partial charge in [0.05, 0.1) is 11.5 Å². The standard InChI is InChI=1S/C12H25BrO2S/c1-4-7-8-9-16(14,15)11-12(5-2,6-3)10-13/h4-11H2,1-3H3. The highest BCUT2D eigenvalue weighted by molar-refractivity contribution is 9.09. The lowest BCUT2D eigenvalue weighted by Gasteiger charge is -2.29. The molecule has 0 aliphatic rings. The third-order valence-electron chi connectivity index (χ3n) is 3.37. The van der Waals surface area contributed by atoms with Crippen LogP contribution in [0.25, 0.3) is 0 Å². The Bertz CT molecular complexity index is 260. The molecule has 0 aliphatic carbocycles. The summed E-state index contributed by atoms with van der Waals surface area (Å²) in [6.45, 7) is 6.24. The summed E-state index contributed by atoms with van der Waals surface area (Å²) in [4.78, 5) is 0. The van der Waals surface area contributed by atoms with Gasteiger partial charge in [-0.3, -0.25) is 0 Å². The summed E-state index contributed by atoms with van der Waals surface area (Å²) in [5, 5.41) is 0.778. The number of hydrogen-bond donors (Lipinski definition) is 0. The molecule has 0 unspecified atom stereocenters. The molecule has 0 saturated carbocycles. The molecule has 0 radical (unpaired) electrons. The first-order valence-electron chi connectivity index (χ1n) is 6.21. The van der Waals surface area contributed by atoms with E-state index in [9.17, 15) is 8.42 Å². The third kappa shape index (κ3) is 5.67. The average Bonchev–Trinajstić information content (AvgIpc) is 2.26. The van der Waals surface area contributed by atoms with Gasteiger partial charge >= 0.3 is 0 Å². The molecule has 0 aromatic rings. The molecule has 0 bridgehead atoms. The lowest BCUT2D eigenvalue weighted by atomic mass is 9.87. The Balaban J connectivity index is 4.42. The summed E-state index contributed by atoms with van der Waals surface area (Å²) in [5.74, 6) is 0.692. The fraction of sp³-hybridized carbons (Fsp3) is 1.00. The second-order valence-electron chi connectivity index (χ2n) is 4.64. The zero-order valence-corrected chi connectivity index (χ0v) is 13.2. The smallest absolute Gasteiger partial charge is 0.150 e. The van der Waals surface area contributed by atoms with Gasteiger partial charge in [-0.1, -0.05) is 49.5 Å². The molecule has 2 nitrogen and oxygen atoms in total. The highest BCUT2D eigenvalue weighted by atomic mass is 79.9. The minimum atomic E-state index is -2.88. The molecule has 98 valence electrons. The lowest BCUT2D eigenvalue weighted by Crippen LogP contribution is -2.32. The fourth-order valence-electron chi connectivity index (χ4n) is 1.79. The van der Waals surface area contributed by atoms with Crippen LogP contribution in [0.2, 0.25) is 0 Å². The number of sulfone groups is 1. The molecule has 0 amide bonds. The van der Waals surface area contributed by atoms with Crippen LogP contribution >= 0.6 is 15.9 Å². The molecule has 0 spiro atoms. The van der Waals surface area contributed by atoms with Crippen molar-refractivity contribution in [3.05, 3.63) is 0 Å². The second kappa shape index (κ2) is 7.70. The minimum absolute atomic E-state index is 0.0644. The Hall–Kier alpha value is 0.430. The van der Waals surface area contributed by atoms with Gasteiger partial charge in [0.15, 0.2) is 9.84 Å². The van der Waals surface area contributed by atoms with E-state index >= 15 is 0 Å². The van der Waals surface area contributed by atoms with Crippen molar-refractivity contribution in [1.82, 2.24) is 0 Å². The van der Waals surface area contributed by atoms with Crippen molar-refractivity contribution in [1.29, 1.82) is 0 Å². The first-order valence-corrected chi connectivity index (χ1v) is 9.16. The summed E-state index contributed by atoms with van der Waals surface area (Å²) >= 11 is 3.46. The quantitative estimate of drug-likeness (QED) is 0.479. The molecule has 0 aromatic heterocycles. The number of rotatable bonds is 9. The van der Waals surface area contributed by atoms with E-state index in [1.54, 1.807) is 0 Å². The van der Waals surface area contributed by atoms with Crippen LogP contribution < -0.4 is 0 Å². The van der Waals surface area contributed by atoms with E-state index in [2.05, 4.69) is 36.7 Å². The van der Waals surface area contributed by atoms with Gasteiger partial charge in [0.25, 0.3) is 0 Å². The molecule has 0 fully saturated rings. The zero-order chi connectivity index (χ0) is 12.7. The number of hydrogen-bond acceptors (Lipinski definition) is 2. The molecule has 0 saturated heterocycles. The molecule has 0 aromatic carbocycles. The maximum Gasteiger partial charge on any atom is 0.150 e. The summed E-state index contributed by atoms with van der Waals surface area (Å²) < 4.78 is 24.0. The van der Waals surface area contributed by atoms with Gasteiger partial charge in [-0.05, 0) is 24.7 Å². The largest absolute Gasteiger partial charge is 0.229 e. The van der Waals surface area contributed by atoms with Gasteiger partial charge in [-0.2, -0.15) is 0 Å². The van der Waals surface area contributed by atoms with Crippen molar-refractivity contribution in [2.24, 2.45) is 5.41 Å². The van der Waals surface area contributed by atoms with Crippen LogP contribution in [-0.2, 0) is 9.84 Å². The predicted octanol–water partition coefficient (Wildman–Crippen LogP) is 3.79. The Kier molecular flexibility index (Phi) is 7.90. The molecule has 0 aliphatic heterocycles. The van der Waals surface area contributed by atoms with Gasteiger partial charge in [-0.25, -0.2) is 8.42 Å². The van der Waals surface area contributed by atoms with Gasteiger partial charge in [0, 0.05) is 5.33 Å². The Morgan fingerprint density at radius 1 is 1.06 bits per heavy atom.